The highest BCUT2D eigenvalue weighted by molar-refractivity contribution is 7.80. The van der Waals surface area contributed by atoms with Gasteiger partial charge >= 0.3 is 0 Å². The fourth-order valence-corrected chi connectivity index (χ4v) is 4.55. The molecule has 27 heavy (non-hydrogen) atoms. The molecule has 1 aromatic rings. The number of hydrogen-bond donors (Lipinski definition) is 0. The lowest BCUT2D eigenvalue weighted by molar-refractivity contribution is -0.133. The molecule has 2 amide bonds. The summed E-state index contributed by atoms with van der Waals surface area (Å²) in [5.41, 5.74) is 0.136. The summed E-state index contributed by atoms with van der Waals surface area (Å²) < 4.78 is 0. The summed E-state index contributed by atoms with van der Waals surface area (Å²) in [6.07, 6.45) is 10.8. The van der Waals surface area contributed by atoms with Gasteiger partial charge in [0, 0.05) is 26.2 Å². The molecule has 0 unspecified atom stereocenters. The van der Waals surface area contributed by atoms with Crippen molar-refractivity contribution in [1.82, 2.24) is 14.8 Å². The van der Waals surface area contributed by atoms with Crippen molar-refractivity contribution in [3.8, 4) is 0 Å². The first-order valence-electron chi connectivity index (χ1n) is 9.33. The van der Waals surface area contributed by atoms with Crippen LogP contribution in [0, 0.1) is 0 Å². The number of hydrogen-bond acceptors (Lipinski definition) is 6. The number of anilines is 1. The Morgan fingerprint density at radius 3 is 2.33 bits per heavy atom. The molecule has 2 saturated heterocycles. The summed E-state index contributed by atoms with van der Waals surface area (Å²) in [5, 5.41) is 2.31. The lowest BCUT2D eigenvalue weighted by Crippen LogP contribution is -2.55. The Kier molecular flexibility index (Phi) is 6.38. The summed E-state index contributed by atoms with van der Waals surface area (Å²) in [4.78, 5) is 34.8. The third-order valence-electron chi connectivity index (χ3n) is 4.73. The highest BCUT2D eigenvalue weighted by Gasteiger charge is 2.37. The number of thiazole rings is 1. The monoisotopic (exact) mass is 404 g/mol. The molecular weight excluding hydrogens is 380 g/mol. The van der Waals surface area contributed by atoms with Gasteiger partial charge in [-0.1, -0.05) is 17.4 Å². The molecule has 0 bridgehead atoms. The van der Waals surface area contributed by atoms with E-state index in [9.17, 15) is 9.59 Å². The number of carbonyl (C=O) groups excluding carboxylic acids is 2. The van der Waals surface area contributed by atoms with Gasteiger partial charge in [0.05, 0.1) is 6.20 Å². The summed E-state index contributed by atoms with van der Waals surface area (Å²) >= 11 is 6.89. The van der Waals surface area contributed by atoms with E-state index in [1.54, 1.807) is 23.5 Å². The maximum absolute atomic E-state index is 12.6. The molecule has 0 aliphatic carbocycles. The van der Waals surface area contributed by atoms with E-state index in [-0.39, 0.29) is 22.5 Å². The van der Waals surface area contributed by atoms with Gasteiger partial charge in [0.1, 0.15) is 15.6 Å². The van der Waals surface area contributed by atoms with E-state index in [2.05, 4.69) is 9.88 Å². The molecule has 3 rings (SSSR count). The minimum Gasteiger partial charge on any atom is -0.362 e. The van der Waals surface area contributed by atoms with Gasteiger partial charge in [-0.05, 0) is 57.5 Å². The number of thiocarbonyl (C=S) groups is 1. The molecule has 1 aromatic heterocycles. The molecule has 0 N–H and O–H groups in total. The molecule has 6 nitrogen and oxygen atoms in total. The van der Waals surface area contributed by atoms with Crippen LogP contribution in [0.3, 0.4) is 0 Å². The fraction of sp³-hybridized carbons (Fsp3) is 0.474. The number of rotatable bonds is 5. The van der Waals surface area contributed by atoms with Gasteiger partial charge in [-0.25, -0.2) is 4.98 Å². The second-order valence-corrected chi connectivity index (χ2v) is 7.81. The van der Waals surface area contributed by atoms with Gasteiger partial charge in [0.2, 0.25) is 0 Å². The second-order valence-electron chi connectivity index (χ2n) is 6.41. The molecule has 0 aromatic carbocycles. The van der Waals surface area contributed by atoms with Crippen molar-refractivity contribution in [3.63, 3.8) is 0 Å². The van der Waals surface area contributed by atoms with E-state index < -0.39 is 0 Å². The number of piperidine rings is 1. The Labute approximate surface area is 169 Å². The molecule has 0 radical (unpaired) electrons. The smallest absolute Gasteiger partial charge is 0.265 e. The Balaban J connectivity index is 1.75. The summed E-state index contributed by atoms with van der Waals surface area (Å²) in [6.45, 7) is 6.73. The number of allylic oxidation sites excluding steroid dienone is 2. The predicted molar refractivity (Wildman–Crippen MR) is 113 cm³/mol. The minimum absolute atomic E-state index is 0.136. The highest BCUT2D eigenvalue weighted by Crippen LogP contribution is 2.27. The van der Waals surface area contributed by atoms with Crippen LogP contribution < -0.4 is 4.90 Å². The normalized spacial score (nSPS) is 18.8. The molecule has 8 heteroatoms. The first-order valence-corrected chi connectivity index (χ1v) is 10.6. The Hall–Kier alpha value is -2.06. The van der Waals surface area contributed by atoms with Crippen LogP contribution in [0.25, 0.3) is 6.08 Å². The van der Waals surface area contributed by atoms with Crippen molar-refractivity contribution in [2.24, 2.45) is 0 Å². The third kappa shape index (κ3) is 4.11. The van der Waals surface area contributed by atoms with Crippen LogP contribution in [-0.4, -0.2) is 57.9 Å². The van der Waals surface area contributed by atoms with E-state index in [1.165, 1.54) is 34.1 Å². The fourth-order valence-electron chi connectivity index (χ4n) is 3.24. The molecule has 0 spiro atoms. The zero-order valence-electron chi connectivity index (χ0n) is 15.7. The van der Waals surface area contributed by atoms with Crippen LogP contribution in [-0.2, 0) is 9.59 Å². The average Bonchev–Trinajstić information content (AvgIpc) is 3.15. The first kappa shape index (κ1) is 19.7. The van der Waals surface area contributed by atoms with Crippen molar-refractivity contribution in [3.05, 3.63) is 28.9 Å². The van der Waals surface area contributed by atoms with Crippen LogP contribution in [0.2, 0.25) is 0 Å². The molecule has 144 valence electrons. The second kappa shape index (κ2) is 8.75. The van der Waals surface area contributed by atoms with E-state index in [1.807, 2.05) is 26.1 Å². The van der Waals surface area contributed by atoms with Gasteiger partial charge in [0.25, 0.3) is 11.8 Å². The van der Waals surface area contributed by atoms with Crippen molar-refractivity contribution in [1.29, 1.82) is 0 Å². The quantitative estimate of drug-likeness (QED) is 0.429. The zero-order valence-corrected chi connectivity index (χ0v) is 17.3. The highest BCUT2D eigenvalue weighted by atomic mass is 32.1. The van der Waals surface area contributed by atoms with Crippen LogP contribution in [0.1, 0.15) is 38.1 Å². The SMILES string of the molecule is CCN1C(=O)C(=C/C=C/c2ncc(N3CCCCC3)s2)C(=O)N(CC)C1=S. The standard InChI is InChI=1S/C19H24N4O2S2/c1-3-22-17(24)14(18(25)23(4-2)19(22)26)9-8-10-15-20-13-16(27-15)21-11-6-5-7-12-21/h8-10,13H,3-7,11-12H2,1-2H3/b10-8+. The third-order valence-corrected chi connectivity index (χ3v) is 6.19. The average molecular weight is 405 g/mol. The van der Waals surface area contributed by atoms with Crippen LogP contribution in [0.4, 0.5) is 5.00 Å². The Morgan fingerprint density at radius 2 is 1.74 bits per heavy atom. The molecule has 3 heterocycles. The first-order chi connectivity index (χ1) is 13.1. The molecular formula is C19H24N4O2S2. The largest absolute Gasteiger partial charge is 0.362 e. The van der Waals surface area contributed by atoms with E-state index in [0.717, 1.165) is 18.1 Å². The molecule has 0 atom stereocenters. The van der Waals surface area contributed by atoms with Crippen molar-refractivity contribution in [2.75, 3.05) is 31.1 Å². The van der Waals surface area contributed by atoms with Gasteiger partial charge in [0.15, 0.2) is 5.11 Å². The van der Waals surface area contributed by atoms with Gasteiger partial charge in [-0.3, -0.25) is 19.4 Å². The van der Waals surface area contributed by atoms with E-state index >= 15 is 0 Å². The van der Waals surface area contributed by atoms with Gasteiger partial charge in [-0.2, -0.15) is 0 Å². The molecule has 2 fully saturated rings. The molecule has 0 saturated carbocycles. The number of likely N-dealkylation sites (N-methyl/N-ethyl adjacent to an activating group) is 2. The van der Waals surface area contributed by atoms with Gasteiger partial charge in [-0.15, -0.1) is 0 Å². The number of nitrogens with zero attached hydrogens (tertiary/aromatic N) is 4. The summed E-state index contributed by atoms with van der Waals surface area (Å²) in [6, 6.07) is 0. The lowest BCUT2D eigenvalue weighted by atomic mass is 10.1. The summed E-state index contributed by atoms with van der Waals surface area (Å²) in [7, 11) is 0. The van der Waals surface area contributed by atoms with Crippen molar-refractivity contribution in [2.45, 2.75) is 33.1 Å². The van der Waals surface area contributed by atoms with E-state index in [0.29, 0.717) is 13.1 Å². The predicted octanol–water partition coefficient (Wildman–Crippen LogP) is 3.07. The van der Waals surface area contributed by atoms with Gasteiger partial charge < -0.3 is 4.90 Å². The van der Waals surface area contributed by atoms with Crippen LogP contribution in [0.15, 0.2) is 23.9 Å². The van der Waals surface area contributed by atoms with Crippen molar-refractivity contribution >= 4 is 51.6 Å². The van der Waals surface area contributed by atoms with Crippen LogP contribution in [0.5, 0.6) is 0 Å². The molecule has 2 aliphatic heterocycles. The summed E-state index contributed by atoms with van der Waals surface area (Å²) in [5.74, 6) is -0.676. The number of aromatic nitrogens is 1. The topological polar surface area (TPSA) is 56.8 Å². The Morgan fingerprint density at radius 1 is 1.11 bits per heavy atom. The zero-order chi connectivity index (χ0) is 19.4. The van der Waals surface area contributed by atoms with Crippen molar-refractivity contribution < 1.29 is 9.59 Å². The Bertz CT molecular complexity index is 765. The number of amides is 2. The number of carbonyl (C=O) groups is 2. The van der Waals surface area contributed by atoms with E-state index in [4.69, 9.17) is 12.2 Å². The lowest BCUT2D eigenvalue weighted by Gasteiger charge is -2.35. The minimum atomic E-state index is -0.338. The van der Waals surface area contributed by atoms with Crippen LogP contribution >= 0.6 is 23.6 Å². The molecule has 2 aliphatic rings. The maximum atomic E-state index is 12.6. The maximum Gasteiger partial charge on any atom is 0.265 e.